The summed E-state index contributed by atoms with van der Waals surface area (Å²) in [5.74, 6) is 0.0995. The van der Waals surface area contributed by atoms with Gasteiger partial charge in [-0.2, -0.15) is 0 Å². The standard InChI is InChI=1S/C10H14FNO.C3H6O/c1-7(2)12-8-4-5-10(13-3)9(11)6-8;1-3(2)4/h4-7,12H,1-3H3;1-2H3. The molecule has 1 aromatic rings. The van der Waals surface area contributed by atoms with Gasteiger partial charge in [0, 0.05) is 17.8 Å². The molecule has 0 fully saturated rings. The third-order valence-corrected chi connectivity index (χ3v) is 1.61. The second kappa shape index (κ2) is 7.65. The van der Waals surface area contributed by atoms with Gasteiger partial charge in [0.15, 0.2) is 11.6 Å². The molecule has 0 aliphatic heterocycles. The first-order valence-corrected chi connectivity index (χ1v) is 5.44. The number of nitrogens with one attached hydrogen (secondary N) is 1. The summed E-state index contributed by atoms with van der Waals surface area (Å²) >= 11 is 0. The van der Waals surface area contributed by atoms with Gasteiger partial charge in [-0.3, -0.25) is 0 Å². The van der Waals surface area contributed by atoms with Crippen molar-refractivity contribution in [2.24, 2.45) is 0 Å². The van der Waals surface area contributed by atoms with Gasteiger partial charge in [0.05, 0.1) is 7.11 Å². The van der Waals surface area contributed by atoms with Crippen LogP contribution >= 0.6 is 0 Å². The van der Waals surface area contributed by atoms with Crippen molar-refractivity contribution in [2.45, 2.75) is 33.7 Å². The maximum atomic E-state index is 13.1. The predicted molar refractivity (Wildman–Crippen MR) is 68.1 cm³/mol. The van der Waals surface area contributed by atoms with Crippen LogP contribution < -0.4 is 10.1 Å². The first kappa shape index (κ1) is 15.4. The van der Waals surface area contributed by atoms with E-state index in [9.17, 15) is 9.18 Å². The summed E-state index contributed by atoms with van der Waals surface area (Å²) in [7, 11) is 1.45. The van der Waals surface area contributed by atoms with Gasteiger partial charge in [-0.15, -0.1) is 0 Å². The third-order valence-electron chi connectivity index (χ3n) is 1.61. The fourth-order valence-electron chi connectivity index (χ4n) is 1.09. The lowest BCUT2D eigenvalue weighted by Gasteiger charge is -2.10. The normalized spacial score (nSPS) is 9.35. The summed E-state index contributed by atoms with van der Waals surface area (Å²) in [4.78, 5) is 9.44. The quantitative estimate of drug-likeness (QED) is 0.882. The van der Waals surface area contributed by atoms with Crippen molar-refractivity contribution >= 4 is 11.5 Å². The van der Waals surface area contributed by atoms with Crippen molar-refractivity contribution in [1.29, 1.82) is 0 Å². The second-order valence-electron chi connectivity index (χ2n) is 4.06. The Hall–Kier alpha value is -1.58. The zero-order chi connectivity index (χ0) is 13.4. The van der Waals surface area contributed by atoms with Gasteiger partial charge in [0.25, 0.3) is 0 Å². The number of halogens is 1. The molecule has 0 atom stereocenters. The molecular formula is C13H20FNO2. The topological polar surface area (TPSA) is 38.3 Å². The van der Waals surface area contributed by atoms with Gasteiger partial charge in [0.2, 0.25) is 0 Å². The van der Waals surface area contributed by atoms with Gasteiger partial charge in [0.1, 0.15) is 5.78 Å². The van der Waals surface area contributed by atoms with Crippen LogP contribution in [0.3, 0.4) is 0 Å². The van der Waals surface area contributed by atoms with Crippen molar-refractivity contribution in [3.8, 4) is 5.75 Å². The molecule has 1 aromatic carbocycles. The van der Waals surface area contributed by atoms with Crippen LogP contribution in [-0.4, -0.2) is 18.9 Å². The molecule has 17 heavy (non-hydrogen) atoms. The molecule has 0 aliphatic rings. The van der Waals surface area contributed by atoms with E-state index in [1.807, 2.05) is 13.8 Å². The number of methoxy groups -OCH3 is 1. The minimum atomic E-state index is -0.340. The summed E-state index contributed by atoms with van der Waals surface area (Å²) in [6.07, 6.45) is 0. The minimum absolute atomic E-state index is 0.167. The predicted octanol–water partition coefficient (Wildman–Crippen LogP) is 3.25. The highest BCUT2D eigenvalue weighted by molar-refractivity contribution is 5.72. The van der Waals surface area contributed by atoms with Crippen LogP contribution in [0.1, 0.15) is 27.7 Å². The van der Waals surface area contributed by atoms with E-state index in [0.29, 0.717) is 6.04 Å². The van der Waals surface area contributed by atoms with Crippen LogP contribution in [0.2, 0.25) is 0 Å². The number of carbonyl (C=O) groups excluding carboxylic acids is 1. The van der Waals surface area contributed by atoms with E-state index in [-0.39, 0.29) is 17.3 Å². The van der Waals surface area contributed by atoms with Crippen molar-refractivity contribution in [3.05, 3.63) is 24.0 Å². The summed E-state index contributed by atoms with van der Waals surface area (Å²) in [5.41, 5.74) is 0.772. The molecule has 0 aliphatic carbocycles. The van der Waals surface area contributed by atoms with Gasteiger partial charge >= 0.3 is 0 Å². The van der Waals surface area contributed by atoms with Crippen molar-refractivity contribution < 1.29 is 13.9 Å². The minimum Gasteiger partial charge on any atom is -0.494 e. The summed E-state index contributed by atoms with van der Waals surface area (Å²) < 4.78 is 17.9. The Kier molecular flexibility index (Phi) is 6.94. The largest absolute Gasteiger partial charge is 0.494 e. The third kappa shape index (κ3) is 7.33. The maximum Gasteiger partial charge on any atom is 0.167 e. The van der Waals surface area contributed by atoms with Crippen LogP contribution in [-0.2, 0) is 4.79 Å². The lowest BCUT2D eigenvalue weighted by atomic mass is 10.2. The maximum absolute atomic E-state index is 13.1. The van der Waals surface area contributed by atoms with Crippen LogP contribution in [0, 0.1) is 5.82 Å². The number of Topliss-reactive ketones (excluding diaryl/α,β-unsaturated/α-hetero) is 1. The van der Waals surface area contributed by atoms with Gasteiger partial charge in [-0.1, -0.05) is 0 Å². The Labute approximate surface area is 102 Å². The Bertz CT molecular complexity index is 360. The Morgan fingerprint density at radius 3 is 2.24 bits per heavy atom. The molecule has 0 amide bonds. The molecule has 4 heteroatoms. The molecule has 0 radical (unpaired) electrons. The molecule has 0 saturated heterocycles. The van der Waals surface area contributed by atoms with Crippen LogP contribution in [0.15, 0.2) is 18.2 Å². The van der Waals surface area contributed by atoms with E-state index >= 15 is 0 Å². The molecule has 0 saturated carbocycles. The van der Waals surface area contributed by atoms with Gasteiger partial charge < -0.3 is 14.8 Å². The van der Waals surface area contributed by atoms with E-state index in [1.54, 1.807) is 12.1 Å². The first-order valence-electron chi connectivity index (χ1n) is 5.44. The van der Waals surface area contributed by atoms with Crippen LogP contribution in [0.25, 0.3) is 0 Å². The fourth-order valence-corrected chi connectivity index (χ4v) is 1.09. The molecule has 0 unspecified atom stereocenters. The molecule has 3 nitrogen and oxygen atoms in total. The molecule has 1 rings (SSSR count). The zero-order valence-electron chi connectivity index (χ0n) is 11.0. The number of carbonyl (C=O) groups is 1. The smallest absolute Gasteiger partial charge is 0.167 e. The second-order valence-corrected chi connectivity index (χ2v) is 4.06. The average Bonchev–Trinajstić information content (AvgIpc) is 2.16. The lowest BCUT2D eigenvalue weighted by molar-refractivity contribution is -0.114. The van der Waals surface area contributed by atoms with Gasteiger partial charge in [-0.05, 0) is 39.8 Å². The summed E-state index contributed by atoms with van der Waals surface area (Å²) in [6, 6.07) is 5.13. The number of hydrogen-bond donors (Lipinski definition) is 1. The summed E-state index contributed by atoms with van der Waals surface area (Å²) in [5, 5.41) is 3.10. The highest BCUT2D eigenvalue weighted by Gasteiger charge is 2.03. The molecule has 0 bridgehead atoms. The van der Waals surface area contributed by atoms with E-state index < -0.39 is 0 Å². The SMILES string of the molecule is CC(C)=O.COc1ccc(NC(C)C)cc1F. The number of ketones is 1. The summed E-state index contributed by atoms with van der Waals surface area (Å²) in [6.45, 7) is 7.06. The molecule has 0 heterocycles. The van der Waals surface area contributed by atoms with Crippen molar-refractivity contribution in [1.82, 2.24) is 0 Å². The van der Waals surface area contributed by atoms with E-state index in [1.165, 1.54) is 27.0 Å². The number of benzene rings is 1. The number of ether oxygens (including phenoxy) is 1. The van der Waals surface area contributed by atoms with Crippen LogP contribution in [0.4, 0.5) is 10.1 Å². The number of hydrogen-bond acceptors (Lipinski definition) is 3. The molecule has 0 aromatic heterocycles. The lowest BCUT2D eigenvalue weighted by Crippen LogP contribution is -2.09. The van der Waals surface area contributed by atoms with E-state index in [2.05, 4.69) is 5.32 Å². The highest BCUT2D eigenvalue weighted by Crippen LogP contribution is 2.20. The van der Waals surface area contributed by atoms with E-state index in [4.69, 9.17) is 4.74 Å². The molecule has 0 spiro atoms. The fraction of sp³-hybridized carbons (Fsp3) is 0.462. The monoisotopic (exact) mass is 241 g/mol. The van der Waals surface area contributed by atoms with Crippen molar-refractivity contribution in [2.75, 3.05) is 12.4 Å². The zero-order valence-corrected chi connectivity index (χ0v) is 11.0. The number of rotatable bonds is 3. The Morgan fingerprint density at radius 2 is 1.88 bits per heavy atom. The average molecular weight is 241 g/mol. The van der Waals surface area contributed by atoms with E-state index in [0.717, 1.165) is 5.69 Å². The Balaban J connectivity index is 0.000000557. The molecule has 96 valence electrons. The first-order chi connectivity index (χ1) is 7.86. The van der Waals surface area contributed by atoms with Gasteiger partial charge in [-0.25, -0.2) is 4.39 Å². The Morgan fingerprint density at radius 1 is 1.35 bits per heavy atom. The molecular weight excluding hydrogens is 221 g/mol. The number of anilines is 1. The van der Waals surface area contributed by atoms with Crippen LogP contribution in [0.5, 0.6) is 5.75 Å². The van der Waals surface area contributed by atoms with Crippen molar-refractivity contribution in [3.63, 3.8) is 0 Å². The molecule has 1 N–H and O–H groups in total. The highest BCUT2D eigenvalue weighted by atomic mass is 19.1.